The number of carboxylic acid groups (broad SMARTS) is 1. The van der Waals surface area contributed by atoms with Crippen LogP contribution in [0.25, 0.3) is 0 Å². The van der Waals surface area contributed by atoms with Crippen molar-refractivity contribution in [1.82, 2.24) is 15.1 Å². The highest BCUT2D eigenvalue weighted by molar-refractivity contribution is 5.93. The average Bonchev–Trinajstić information content (AvgIpc) is 3.14. The number of carboxylic acids is 1. The van der Waals surface area contributed by atoms with Crippen molar-refractivity contribution in [1.29, 1.82) is 0 Å². The van der Waals surface area contributed by atoms with Crippen LogP contribution in [0.2, 0.25) is 0 Å². The van der Waals surface area contributed by atoms with E-state index in [9.17, 15) is 9.59 Å². The Balaban J connectivity index is 2.24. The standard InChI is InChI=1S/C17H27N3O4/c1-16(2,3)20-13(11-6-7-11)8-12(19-20)15(23)18-17(4,10-24-5)9-14(21)22/h8,11H,6-7,9-10H2,1-5H3,(H,18,23)(H,21,22). The molecule has 1 unspecified atom stereocenters. The van der Waals surface area contributed by atoms with Gasteiger partial charge in [0.15, 0.2) is 0 Å². The molecule has 0 aliphatic heterocycles. The maximum atomic E-state index is 12.6. The molecular formula is C17H27N3O4. The van der Waals surface area contributed by atoms with Crippen molar-refractivity contribution in [2.75, 3.05) is 13.7 Å². The van der Waals surface area contributed by atoms with Gasteiger partial charge in [0, 0.05) is 18.7 Å². The molecule has 0 saturated heterocycles. The van der Waals surface area contributed by atoms with Crippen LogP contribution in [-0.4, -0.2) is 46.0 Å². The van der Waals surface area contributed by atoms with Gasteiger partial charge >= 0.3 is 5.97 Å². The first-order chi connectivity index (χ1) is 11.1. The summed E-state index contributed by atoms with van der Waals surface area (Å²) in [6, 6.07) is 1.83. The molecule has 1 aliphatic rings. The summed E-state index contributed by atoms with van der Waals surface area (Å²) in [6.07, 6.45) is 2.01. The van der Waals surface area contributed by atoms with Crippen molar-refractivity contribution in [2.24, 2.45) is 0 Å². The Labute approximate surface area is 142 Å². The van der Waals surface area contributed by atoms with Crippen molar-refractivity contribution in [3.63, 3.8) is 0 Å². The fraction of sp³-hybridized carbons (Fsp3) is 0.706. The molecule has 1 fully saturated rings. The average molecular weight is 337 g/mol. The molecule has 0 spiro atoms. The van der Waals surface area contributed by atoms with E-state index in [-0.39, 0.29) is 24.5 Å². The third-order valence-electron chi connectivity index (χ3n) is 4.02. The lowest BCUT2D eigenvalue weighted by Crippen LogP contribution is -2.50. The number of hydrogen-bond donors (Lipinski definition) is 2. The second kappa shape index (κ2) is 6.55. The topological polar surface area (TPSA) is 93.5 Å². The predicted molar refractivity (Wildman–Crippen MR) is 89.2 cm³/mol. The minimum atomic E-state index is -0.992. The summed E-state index contributed by atoms with van der Waals surface area (Å²) >= 11 is 0. The van der Waals surface area contributed by atoms with E-state index in [1.807, 2.05) is 31.5 Å². The van der Waals surface area contributed by atoms with E-state index in [1.54, 1.807) is 6.92 Å². The maximum absolute atomic E-state index is 12.6. The van der Waals surface area contributed by atoms with Gasteiger partial charge in [-0.1, -0.05) is 0 Å². The van der Waals surface area contributed by atoms with Crippen LogP contribution >= 0.6 is 0 Å². The highest BCUT2D eigenvalue weighted by Gasteiger charge is 2.35. The number of amides is 1. The normalized spacial score (nSPS) is 17.4. The molecule has 2 N–H and O–H groups in total. The number of nitrogens with zero attached hydrogens (tertiary/aromatic N) is 2. The number of ether oxygens (including phenoxy) is 1. The van der Waals surface area contributed by atoms with Crippen LogP contribution in [0.15, 0.2) is 6.07 Å². The second-order valence-electron chi connectivity index (χ2n) is 7.83. The summed E-state index contributed by atoms with van der Waals surface area (Å²) in [5.41, 5.74) is 0.190. The Morgan fingerprint density at radius 1 is 1.38 bits per heavy atom. The first kappa shape index (κ1) is 18.4. The van der Waals surface area contributed by atoms with Crippen LogP contribution in [0.1, 0.15) is 69.1 Å². The molecular weight excluding hydrogens is 310 g/mol. The Bertz CT molecular complexity index is 628. The minimum absolute atomic E-state index is 0.112. The first-order valence-electron chi connectivity index (χ1n) is 8.19. The highest BCUT2D eigenvalue weighted by Crippen LogP contribution is 2.41. The summed E-state index contributed by atoms with van der Waals surface area (Å²) < 4.78 is 6.98. The van der Waals surface area contributed by atoms with E-state index in [1.165, 1.54) is 7.11 Å². The van der Waals surface area contributed by atoms with Crippen LogP contribution < -0.4 is 5.32 Å². The second-order valence-corrected chi connectivity index (χ2v) is 7.83. The molecule has 1 amide bonds. The van der Waals surface area contributed by atoms with Gasteiger partial charge in [0.25, 0.3) is 5.91 Å². The molecule has 2 rings (SSSR count). The molecule has 134 valence electrons. The Hall–Kier alpha value is -1.89. The first-order valence-corrected chi connectivity index (χ1v) is 8.19. The quantitative estimate of drug-likeness (QED) is 0.795. The van der Waals surface area contributed by atoms with Gasteiger partial charge in [0.05, 0.1) is 24.1 Å². The van der Waals surface area contributed by atoms with Gasteiger partial charge in [-0.2, -0.15) is 5.10 Å². The maximum Gasteiger partial charge on any atom is 0.305 e. The Morgan fingerprint density at radius 2 is 2.00 bits per heavy atom. The molecule has 7 nitrogen and oxygen atoms in total. The van der Waals surface area contributed by atoms with Crippen LogP contribution in [0.5, 0.6) is 0 Å². The Kier molecular flexibility index (Phi) is 5.03. The molecule has 1 heterocycles. The number of aliphatic carboxylic acids is 1. The third kappa shape index (κ3) is 4.35. The summed E-state index contributed by atoms with van der Waals surface area (Å²) in [4.78, 5) is 23.7. The van der Waals surface area contributed by atoms with Gasteiger partial charge in [0.2, 0.25) is 0 Å². The van der Waals surface area contributed by atoms with Crippen LogP contribution in [0.3, 0.4) is 0 Å². The highest BCUT2D eigenvalue weighted by atomic mass is 16.5. The fourth-order valence-electron chi connectivity index (χ4n) is 2.84. The van der Waals surface area contributed by atoms with Crippen LogP contribution in [-0.2, 0) is 15.1 Å². The monoisotopic (exact) mass is 337 g/mol. The van der Waals surface area contributed by atoms with E-state index < -0.39 is 11.5 Å². The zero-order valence-corrected chi connectivity index (χ0v) is 15.0. The van der Waals surface area contributed by atoms with Gasteiger partial charge in [-0.05, 0) is 46.6 Å². The molecule has 24 heavy (non-hydrogen) atoms. The number of nitrogens with one attached hydrogen (secondary N) is 1. The lowest BCUT2D eigenvalue weighted by Gasteiger charge is -2.28. The number of carbonyl (C=O) groups excluding carboxylic acids is 1. The summed E-state index contributed by atoms with van der Waals surface area (Å²) in [5.74, 6) is -0.905. The fourth-order valence-corrected chi connectivity index (χ4v) is 2.84. The van der Waals surface area contributed by atoms with Gasteiger partial charge in [0.1, 0.15) is 5.69 Å². The molecule has 0 aromatic carbocycles. The molecule has 0 bridgehead atoms. The molecule has 1 aromatic heterocycles. The summed E-state index contributed by atoms with van der Waals surface area (Å²) in [7, 11) is 1.48. The predicted octanol–water partition coefficient (Wildman–Crippen LogP) is 2.13. The SMILES string of the molecule is COCC(C)(CC(=O)O)NC(=O)c1cc(C2CC2)n(C(C)(C)C)n1. The lowest BCUT2D eigenvalue weighted by atomic mass is 9.98. The third-order valence-corrected chi connectivity index (χ3v) is 4.02. The van der Waals surface area contributed by atoms with Crippen molar-refractivity contribution in [3.8, 4) is 0 Å². The number of rotatable bonds is 7. The molecule has 1 atom stereocenters. The largest absolute Gasteiger partial charge is 0.481 e. The van der Waals surface area contributed by atoms with Gasteiger partial charge < -0.3 is 15.2 Å². The van der Waals surface area contributed by atoms with E-state index >= 15 is 0 Å². The van der Waals surface area contributed by atoms with E-state index in [0.29, 0.717) is 11.6 Å². The summed E-state index contributed by atoms with van der Waals surface area (Å²) in [6.45, 7) is 7.92. The number of methoxy groups -OCH3 is 1. The summed E-state index contributed by atoms with van der Waals surface area (Å²) in [5, 5.41) is 16.3. The molecule has 1 saturated carbocycles. The van der Waals surface area contributed by atoms with E-state index in [4.69, 9.17) is 9.84 Å². The number of hydrogen-bond acceptors (Lipinski definition) is 4. The minimum Gasteiger partial charge on any atom is -0.481 e. The zero-order valence-electron chi connectivity index (χ0n) is 15.0. The van der Waals surface area contributed by atoms with Crippen molar-refractivity contribution in [3.05, 3.63) is 17.5 Å². The molecule has 0 radical (unpaired) electrons. The molecule has 1 aromatic rings. The van der Waals surface area contributed by atoms with Gasteiger partial charge in [-0.25, -0.2) is 0 Å². The number of carbonyl (C=O) groups is 2. The van der Waals surface area contributed by atoms with Gasteiger partial charge in [-0.15, -0.1) is 0 Å². The number of aromatic nitrogens is 2. The zero-order chi connectivity index (χ0) is 18.1. The lowest BCUT2D eigenvalue weighted by molar-refractivity contribution is -0.139. The van der Waals surface area contributed by atoms with Crippen molar-refractivity contribution < 1.29 is 19.4 Å². The Morgan fingerprint density at radius 3 is 2.46 bits per heavy atom. The van der Waals surface area contributed by atoms with Crippen molar-refractivity contribution >= 4 is 11.9 Å². The van der Waals surface area contributed by atoms with Crippen LogP contribution in [0.4, 0.5) is 0 Å². The van der Waals surface area contributed by atoms with E-state index in [2.05, 4.69) is 10.4 Å². The van der Waals surface area contributed by atoms with Crippen LogP contribution in [0, 0.1) is 0 Å². The molecule has 1 aliphatic carbocycles. The van der Waals surface area contributed by atoms with Gasteiger partial charge in [-0.3, -0.25) is 14.3 Å². The van der Waals surface area contributed by atoms with E-state index in [0.717, 1.165) is 18.5 Å². The van der Waals surface area contributed by atoms with Crippen molar-refractivity contribution in [2.45, 2.75) is 64.0 Å². The smallest absolute Gasteiger partial charge is 0.305 e. The molecule has 7 heteroatoms.